The average Bonchev–Trinajstić information content (AvgIpc) is 1.96. The minimum Gasteiger partial charge on any atom is -0.480 e. The van der Waals surface area contributed by atoms with Crippen LogP contribution in [0.5, 0.6) is 0 Å². The summed E-state index contributed by atoms with van der Waals surface area (Å²) < 4.78 is 0. The van der Waals surface area contributed by atoms with Crippen molar-refractivity contribution in [2.24, 2.45) is 0 Å². The third-order valence-corrected chi connectivity index (χ3v) is 1.37. The number of hydrogen-bond donors (Lipinski definition) is 4. The molecule has 0 amide bonds. The van der Waals surface area contributed by atoms with Crippen LogP contribution >= 0.6 is 0 Å². The molecule has 76 valence electrons. The zero-order valence-electron chi connectivity index (χ0n) is 7.23. The third kappa shape index (κ3) is 6.06. The fourth-order valence-corrected chi connectivity index (χ4v) is 0.823. The molecule has 4 N–H and O–H groups in total. The van der Waals surface area contributed by atoms with E-state index in [2.05, 4.69) is 5.32 Å². The Kier molecular flexibility index (Phi) is 5.01. The molecule has 0 aromatic carbocycles. The first-order valence-electron chi connectivity index (χ1n) is 3.79. The summed E-state index contributed by atoms with van der Waals surface area (Å²) in [6.45, 7) is 1.02. The molecule has 6 heteroatoms. The van der Waals surface area contributed by atoms with Gasteiger partial charge in [0.2, 0.25) is 0 Å². The highest BCUT2D eigenvalue weighted by atomic mass is 16.4. The molecular formula is C7H13NO5. The summed E-state index contributed by atoms with van der Waals surface area (Å²) in [6, 6.07) is -1.02. The Morgan fingerprint density at radius 1 is 1.38 bits per heavy atom. The first-order chi connectivity index (χ1) is 5.93. The molecule has 0 saturated heterocycles. The Bertz CT molecular complexity index is 191. The van der Waals surface area contributed by atoms with Crippen LogP contribution in [0.25, 0.3) is 0 Å². The van der Waals surface area contributed by atoms with Gasteiger partial charge in [-0.25, -0.2) is 0 Å². The lowest BCUT2D eigenvalue weighted by molar-refractivity contribution is -0.141. The highest BCUT2D eigenvalue weighted by Gasteiger charge is 2.19. The first kappa shape index (κ1) is 11.9. The van der Waals surface area contributed by atoms with Crippen molar-refractivity contribution in [3.8, 4) is 0 Å². The Balaban J connectivity index is 3.95. The van der Waals surface area contributed by atoms with Crippen LogP contribution in [-0.2, 0) is 9.59 Å². The fourth-order valence-electron chi connectivity index (χ4n) is 0.823. The third-order valence-electron chi connectivity index (χ3n) is 1.37. The van der Waals surface area contributed by atoms with Gasteiger partial charge in [-0.3, -0.25) is 14.9 Å². The van der Waals surface area contributed by atoms with Crippen molar-refractivity contribution in [2.45, 2.75) is 25.5 Å². The first-order valence-corrected chi connectivity index (χ1v) is 3.79. The van der Waals surface area contributed by atoms with E-state index in [1.807, 2.05) is 0 Å². The highest BCUT2D eigenvalue weighted by molar-refractivity contribution is 5.75. The molecule has 13 heavy (non-hydrogen) atoms. The van der Waals surface area contributed by atoms with Gasteiger partial charge in [0.25, 0.3) is 0 Å². The van der Waals surface area contributed by atoms with E-state index < -0.39 is 30.6 Å². The van der Waals surface area contributed by atoms with E-state index in [9.17, 15) is 9.59 Å². The number of aliphatic hydroxyl groups excluding tert-OH is 1. The number of rotatable bonds is 6. The normalized spacial score (nSPS) is 14.9. The van der Waals surface area contributed by atoms with Gasteiger partial charge in [0.15, 0.2) is 0 Å². The van der Waals surface area contributed by atoms with Crippen LogP contribution in [-0.4, -0.2) is 45.9 Å². The maximum Gasteiger partial charge on any atom is 0.320 e. The Labute approximate surface area is 75.2 Å². The molecule has 0 bridgehead atoms. The molecule has 0 aromatic heterocycles. The Hall–Kier alpha value is -1.14. The van der Waals surface area contributed by atoms with Gasteiger partial charge in [-0.15, -0.1) is 0 Å². The highest BCUT2D eigenvalue weighted by Crippen LogP contribution is 1.97. The van der Waals surface area contributed by atoms with Crippen LogP contribution in [0.2, 0.25) is 0 Å². The molecular weight excluding hydrogens is 178 g/mol. The molecule has 0 saturated carbocycles. The van der Waals surface area contributed by atoms with Gasteiger partial charge in [0.05, 0.1) is 12.6 Å². The number of aliphatic hydroxyl groups is 1. The van der Waals surface area contributed by atoms with Crippen molar-refractivity contribution in [1.29, 1.82) is 0 Å². The van der Waals surface area contributed by atoms with Gasteiger partial charge in [-0.05, 0) is 13.3 Å². The summed E-state index contributed by atoms with van der Waals surface area (Å²) in [7, 11) is 0. The topological polar surface area (TPSA) is 107 Å². The van der Waals surface area contributed by atoms with Gasteiger partial charge < -0.3 is 15.3 Å². The predicted octanol–water partition coefficient (Wildman–Crippen LogP) is -1.12. The number of nitrogens with one attached hydrogen (secondary N) is 1. The van der Waals surface area contributed by atoms with Gasteiger partial charge in [0.1, 0.15) is 6.04 Å². The van der Waals surface area contributed by atoms with E-state index in [0.717, 1.165) is 0 Å². The molecule has 2 unspecified atom stereocenters. The molecule has 0 fully saturated rings. The molecule has 6 nitrogen and oxygen atoms in total. The Morgan fingerprint density at radius 3 is 2.23 bits per heavy atom. The summed E-state index contributed by atoms with van der Waals surface area (Å²) in [6.07, 6.45) is -0.787. The molecule has 0 radical (unpaired) electrons. The van der Waals surface area contributed by atoms with Crippen LogP contribution in [0.15, 0.2) is 0 Å². The largest absolute Gasteiger partial charge is 0.480 e. The molecule has 2 atom stereocenters. The van der Waals surface area contributed by atoms with Gasteiger partial charge >= 0.3 is 11.9 Å². The van der Waals surface area contributed by atoms with Crippen LogP contribution in [0.4, 0.5) is 0 Å². The lowest BCUT2D eigenvalue weighted by Gasteiger charge is -2.14. The van der Waals surface area contributed by atoms with Gasteiger partial charge in [-0.2, -0.15) is 0 Å². The summed E-state index contributed by atoms with van der Waals surface area (Å²) in [5, 5.41) is 28.0. The number of carbonyl (C=O) groups is 2. The maximum atomic E-state index is 10.5. The minimum absolute atomic E-state index is 0.0113. The molecule has 0 aromatic rings. The standard InChI is InChI=1S/C7H13NO5/c1-4(9)2-5(7(12)13)8-3-6(10)11/h4-5,8-9H,2-3H2,1H3,(H,10,11)(H,12,13). The summed E-state index contributed by atoms with van der Waals surface area (Å²) >= 11 is 0. The second-order valence-electron chi connectivity index (χ2n) is 2.75. The SMILES string of the molecule is CC(O)CC(NCC(=O)O)C(=O)O. The van der Waals surface area contributed by atoms with Crippen LogP contribution in [0.1, 0.15) is 13.3 Å². The number of carboxylic acid groups (broad SMARTS) is 2. The molecule has 0 spiro atoms. The van der Waals surface area contributed by atoms with E-state index >= 15 is 0 Å². The molecule has 0 aliphatic rings. The number of hydrogen-bond acceptors (Lipinski definition) is 4. The molecule has 0 heterocycles. The monoisotopic (exact) mass is 191 g/mol. The van der Waals surface area contributed by atoms with Crippen LogP contribution in [0, 0.1) is 0 Å². The Morgan fingerprint density at radius 2 is 1.92 bits per heavy atom. The smallest absolute Gasteiger partial charge is 0.320 e. The van der Waals surface area contributed by atoms with E-state index in [1.54, 1.807) is 0 Å². The second-order valence-corrected chi connectivity index (χ2v) is 2.75. The molecule has 0 aliphatic heterocycles. The lowest BCUT2D eigenvalue weighted by atomic mass is 10.1. The van der Waals surface area contributed by atoms with Crippen molar-refractivity contribution in [3.63, 3.8) is 0 Å². The predicted molar refractivity (Wildman–Crippen MR) is 43.4 cm³/mol. The van der Waals surface area contributed by atoms with E-state index in [-0.39, 0.29) is 6.42 Å². The summed E-state index contributed by atoms with van der Waals surface area (Å²) in [5.74, 6) is -2.29. The summed E-state index contributed by atoms with van der Waals surface area (Å²) in [4.78, 5) is 20.6. The van der Waals surface area contributed by atoms with Crippen molar-refractivity contribution in [2.75, 3.05) is 6.54 Å². The summed E-state index contributed by atoms with van der Waals surface area (Å²) in [5.41, 5.74) is 0. The van der Waals surface area contributed by atoms with Crippen LogP contribution < -0.4 is 5.32 Å². The number of carboxylic acids is 2. The van der Waals surface area contributed by atoms with Crippen molar-refractivity contribution in [1.82, 2.24) is 5.32 Å². The van der Waals surface area contributed by atoms with Crippen LogP contribution in [0.3, 0.4) is 0 Å². The number of aliphatic carboxylic acids is 2. The zero-order chi connectivity index (χ0) is 10.4. The zero-order valence-corrected chi connectivity index (χ0v) is 7.23. The molecule has 0 rings (SSSR count). The average molecular weight is 191 g/mol. The van der Waals surface area contributed by atoms with Crippen molar-refractivity contribution in [3.05, 3.63) is 0 Å². The lowest BCUT2D eigenvalue weighted by Crippen LogP contribution is -2.41. The maximum absolute atomic E-state index is 10.5. The fraction of sp³-hybridized carbons (Fsp3) is 0.714. The van der Waals surface area contributed by atoms with Crippen molar-refractivity contribution < 1.29 is 24.9 Å². The minimum atomic E-state index is -1.16. The van der Waals surface area contributed by atoms with Crippen molar-refractivity contribution >= 4 is 11.9 Å². The van der Waals surface area contributed by atoms with Gasteiger partial charge in [-0.1, -0.05) is 0 Å². The van der Waals surface area contributed by atoms with Gasteiger partial charge in [0, 0.05) is 0 Å². The second kappa shape index (κ2) is 5.50. The van der Waals surface area contributed by atoms with E-state index in [0.29, 0.717) is 0 Å². The van der Waals surface area contributed by atoms with E-state index in [1.165, 1.54) is 6.92 Å². The quantitative estimate of drug-likeness (QED) is 0.424. The molecule has 0 aliphatic carbocycles. The van der Waals surface area contributed by atoms with E-state index in [4.69, 9.17) is 15.3 Å².